The van der Waals surface area contributed by atoms with Gasteiger partial charge < -0.3 is 14.2 Å². The van der Waals surface area contributed by atoms with Crippen molar-refractivity contribution >= 4 is 27.3 Å². The van der Waals surface area contributed by atoms with Gasteiger partial charge in [0.1, 0.15) is 5.75 Å². The monoisotopic (exact) mass is 460 g/mol. The van der Waals surface area contributed by atoms with Crippen molar-refractivity contribution in [3.8, 4) is 17.1 Å². The lowest BCUT2D eigenvalue weighted by atomic mass is 10.1. The third-order valence-electron chi connectivity index (χ3n) is 5.26. The van der Waals surface area contributed by atoms with E-state index in [9.17, 15) is 13.2 Å². The molecule has 1 amide bonds. The number of benzene rings is 2. The fourth-order valence-corrected chi connectivity index (χ4v) is 5.58. The highest BCUT2D eigenvalue weighted by molar-refractivity contribution is 7.91. The molecule has 0 bridgehead atoms. The van der Waals surface area contributed by atoms with E-state index in [1.807, 2.05) is 6.07 Å². The van der Waals surface area contributed by atoms with Gasteiger partial charge >= 0.3 is 0 Å². The van der Waals surface area contributed by atoms with Crippen LogP contribution in [-0.2, 0) is 16.4 Å². The Morgan fingerprint density at radius 3 is 2.65 bits per heavy atom. The van der Waals surface area contributed by atoms with Crippen LogP contribution in [0.15, 0.2) is 59.1 Å². The number of aromatic nitrogens is 1. The summed E-state index contributed by atoms with van der Waals surface area (Å²) in [5.41, 5.74) is 1.68. The number of sulfone groups is 1. The van der Waals surface area contributed by atoms with Gasteiger partial charge in [0.15, 0.2) is 21.3 Å². The molecule has 0 unspecified atom stereocenters. The first-order valence-corrected chi connectivity index (χ1v) is 11.9. The largest absolute Gasteiger partial charge is 0.497 e. The number of nitrogens with zero attached hydrogens (tertiary/aromatic N) is 2. The molecule has 1 atom stereocenters. The van der Waals surface area contributed by atoms with Crippen molar-refractivity contribution in [1.29, 1.82) is 0 Å². The predicted octanol–water partition coefficient (Wildman–Crippen LogP) is 3.83. The van der Waals surface area contributed by atoms with Crippen LogP contribution >= 0.6 is 11.6 Å². The highest BCUT2D eigenvalue weighted by Gasteiger charge is 2.36. The number of carbonyl (C=O) groups is 1. The summed E-state index contributed by atoms with van der Waals surface area (Å²) in [5.74, 6) is 0.753. The molecule has 1 fully saturated rings. The second-order valence-corrected chi connectivity index (χ2v) is 10.1. The van der Waals surface area contributed by atoms with Crippen LogP contribution in [0.25, 0.3) is 11.3 Å². The number of hydrogen-bond donors (Lipinski definition) is 0. The number of hydrogen-bond acceptors (Lipinski definition) is 6. The molecule has 0 spiro atoms. The van der Waals surface area contributed by atoms with E-state index in [1.165, 1.54) is 0 Å². The van der Waals surface area contributed by atoms with Crippen molar-refractivity contribution in [3.05, 3.63) is 70.9 Å². The number of ether oxygens (including phenoxy) is 1. The third-order valence-corrected chi connectivity index (χ3v) is 7.24. The van der Waals surface area contributed by atoms with E-state index in [-0.39, 0.29) is 29.7 Å². The topological polar surface area (TPSA) is 89.7 Å². The highest BCUT2D eigenvalue weighted by atomic mass is 35.5. The number of carbonyl (C=O) groups excluding carboxylic acids is 1. The second-order valence-electron chi connectivity index (χ2n) is 7.42. The van der Waals surface area contributed by atoms with Crippen LogP contribution in [0, 0.1) is 0 Å². The smallest absolute Gasteiger partial charge is 0.276 e. The summed E-state index contributed by atoms with van der Waals surface area (Å²) in [6.07, 6.45) is 0.387. The Labute approximate surface area is 185 Å². The van der Waals surface area contributed by atoms with Crippen molar-refractivity contribution in [3.63, 3.8) is 0 Å². The number of methoxy groups -OCH3 is 1. The first kappa shape index (κ1) is 21.4. The van der Waals surface area contributed by atoms with Crippen molar-refractivity contribution in [2.24, 2.45) is 0 Å². The Hall–Kier alpha value is -2.84. The Bertz CT molecular complexity index is 1190. The van der Waals surface area contributed by atoms with Crippen molar-refractivity contribution in [1.82, 2.24) is 10.1 Å². The Morgan fingerprint density at radius 1 is 1.23 bits per heavy atom. The minimum Gasteiger partial charge on any atom is -0.497 e. The highest BCUT2D eigenvalue weighted by Crippen LogP contribution is 2.26. The molecule has 3 aromatic rings. The molecule has 2 heterocycles. The van der Waals surface area contributed by atoms with E-state index >= 15 is 0 Å². The quantitative estimate of drug-likeness (QED) is 0.555. The number of halogens is 1. The van der Waals surface area contributed by atoms with Crippen LogP contribution in [0.1, 0.15) is 22.5 Å². The van der Waals surface area contributed by atoms with Gasteiger partial charge in [-0.3, -0.25) is 4.79 Å². The standard InChI is InChI=1S/C22H21ClN2O5S/c1-29-19-7-5-16(6-8-19)21-12-20(24-30-21)22(26)25(18-9-10-31(27,28)14-18)13-15-3-2-4-17(23)11-15/h2-8,11-12,18H,9-10,13-14H2,1H3/t18-/m0/s1. The summed E-state index contributed by atoms with van der Waals surface area (Å²) < 4.78 is 34.6. The van der Waals surface area contributed by atoms with E-state index in [2.05, 4.69) is 5.16 Å². The maximum Gasteiger partial charge on any atom is 0.276 e. The van der Waals surface area contributed by atoms with Crippen LogP contribution in [0.2, 0.25) is 5.02 Å². The first-order chi connectivity index (χ1) is 14.8. The zero-order valence-electron chi connectivity index (χ0n) is 16.8. The summed E-state index contributed by atoms with van der Waals surface area (Å²) in [6, 6.07) is 15.5. The van der Waals surface area contributed by atoms with Gasteiger partial charge in [0.05, 0.1) is 18.6 Å². The Kier molecular flexibility index (Phi) is 6.02. The maximum atomic E-state index is 13.3. The minimum atomic E-state index is -3.18. The molecule has 1 saturated heterocycles. The van der Waals surface area contributed by atoms with Crippen molar-refractivity contribution in [2.45, 2.75) is 19.0 Å². The summed E-state index contributed by atoms with van der Waals surface area (Å²) in [6.45, 7) is 0.226. The van der Waals surface area contributed by atoms with Gasteiger partial charge in [0.25, 0.3) is 5.91 Å². The molecule has 1 aliphatic heterocycles. The summed E-state index contributed by atoms with van der Waals surface area (Å²) >= 11 is 6.09. The first-order valence-electron chi connectivity index (χ1n) is 9.71. The molecule has 0 saturated carbocycles. The molecule has 7 nitrogen and oxygen atoms in total. The maximum absolute atomic E-state index is 13.3. The Morgan fingerprint density at radius 2 is 2.00 bits per heavy atom. The Balaban J connectivity index is 1.61. The van der Waals surface area contributed by atoms with Gasteiger partial charge in [0, 0.05) is 29.2 Å². The van der Waals surface area contributed by atoms with Gasteiger partial charge in [-0.15, -0.1) is 0 Å². The molecule has 162 valence electrons. The molecule has 1 aromatic heterocycles. The fraction of sp³-hybridized carbons (Fsp3) is 0.273. The van der Waals surface area contributed by atoms with Crippen LogP contribution in [0.4, 0.5) is 0 Å². The van der Waals surface area contributed by atoms with Gasteiger partial charge in [0.2, 0.25) is 0 Å². The zero-order valence-corrected chi connectivity index (χ0v) is 18.4. The number of rotatable bonds is 6. The SMILES string of the molecule is COc1ccc(-c2cc(C(=O)N(Cc3cccc(Cl)c3)[C@H]3CCS(=O)(=O)C3)no2)cc1. The summed E-state index contributed by atoms with van der Waals surface area (Å²) in [5, 5.41) is 4.50. The lowest BCUT2D eigenvalue weighted by Gasteiger charge is -2.27. The lowest BCUT2D eigenvalue weighted by Crippen LogP contribution is -2.40. The molecule has 0 aliphatic carbocycles. The van der Waals surface area contributed by atoms with Gasteiger partial charge in [-0.05, 0) is 48.4 Å². The third kappa shape index (κ3) is 4.91. The second kappa shape index (κ2) is 8.72. The van der Waals surface area contributed by atoms with Crippen LogP contribution < -0.4 is 4.74 Å². The van der Waals surface area contributed by atoms with E-state index in [0.29, 0.717) is 23.0 Å². The molecule has 2 aromatic carbocycles. The number of amides is 1. The molecule has 1 aliphatic rings. The summed E-state index contributed by atoms with van der Waals surface area (Å²) in [7, 11) is -1.60. The van der Waals surface area contributed by atoms with Gasteiger partial charge in [-0.25, -0.2) is 8.42 Å². The van der Waals surface area contributed by atoms with Crippen LogP contribution in [-0.4, -0.2) is 49.0 Å². The lowest BCUT2D eigenvalue weighted by molar-refractivity contribution is 0.0670. The average molecular weight is 461 g/mol. The van der Waals surface area contributed by atoms with Gasteiger partial charge in [-0.2, -0.15) is 0 Å². The molecular weight excluding hydrogens is 440 g/mol. The molecular formula is C22H21ClN2O5S. The normalized spacial score (nSPS) is 17.4. The predicted molar refractivity (Wildman–Crippen MR) is 117 cm³/mol. The van der Waals surface area contributed by atoms with E-state index in [0.717, 1.165) is 11.1 Å². The van der Waals surface area contributed by atoms with Crippen LogP contribution in [0.5, 0.6) is 5.75 Å². The fourth-order valence-electron chi connectivity index (χ4n) is 3.63. The van der Waals surface area contributed by atoms with E-state index in [1.54, 1.807) is 60.5 Å². The molecule has 31 heavy (non-hydrogen) atoms. The molecule has 0 radical (unpaired) electrons. The zero-order chi connectivity index (χ0) is 22.0. The average Bonchev–Trinajstić information content (AvgIpc) is 3.38. The molecule has 4 rings (SSSR count). The van der Waals surface area contributed by atoms with Crippen molar-refractivity contribution < 1.29 is 22.5 Å². The summed E-state index contributed by atoms with van der Waals surface area (Å²) in [4.78, 5) is 14.9. The van der Waals surface area contributed by atoms with Gasteiger partial charge in [-0.1, -0.05) is 28.9 Å². The van der Waals surface area contributed by atoms with Crippen molar-refractivity contribution in [2.75, 3.05) is 18.6 Å². The van der Waals surface area contributed by atoms with Crippen LogP contribution in [0.3, 0.4) is 0 Å². The molecule has 0 N–H and O–H groups in total. The minimum absolute atomic E-state index is 0.0624. The van der Waals surface area contributed by atoms with E-state index < -0.39 is 15.9 Å². The molecule has 9 heteroatoms. The van der Waals surface area contributed by atoms with E-state index in [4.69, 9.17) is 20.9 Å².